The molecular weight excluding hydrogens is 166 g/mol. The van der Waals surface area contributed by atoms with Crippen LogP contribution in [0.2, 0.25) is 0 Å². The summed E-state index contributed by atoms with van der Waals surface area (Å²) in [4.78, 5) is 2.35. The average molecular weight is 181 g/mol. The maximum Gasteiger partial charge on any atom is 0.150 e. The van der Waals surface area contributed by atoms with Gasteiger partial charge in [0.25, 0.3) is 0 Å². The molecule has 72 valence electrons. The van der Waals surface area contributed by atoms with E-state index in [1.165, 1.54) is 0 Å². The van der Waals surface area contributed by atoms with Crippen molar-refractivity contribution in [3.63, 3.8) is 0 Å². The number of hydrogen-bond acceptors (Lipinski definition) is 4. The average Bonchev–Trinajstić information content (AvgIpc) is 2.62. The maximum atomic E-state index is 5.81. The molecule has 4 heteroatoms. The van der Waals surface area contributed by atoms with Gasteiger partial charge in [-0.05, 0) is 12.8 Å². The van der Waals surface area contributed by atoms with Crippen molar-refractivity contribution >= 4 is 0 Å². The summed E-state index contributed by atoms with van der Waals surface area (Å²) in [6.45, 7) is 3.01. The summed E-state index contributed by atoms with van der Waals surface area (Å²) in [5, 5.41) is 3.68. The fourth-order valence-electron chi connectivity index (χ4n) is 1.66. The van der Waals surface area contributed by atoms with Crippen LogP contribution in [-0.4, -0.2) is 29.2 Å². The fourth-order valence-corrected chi connectivity index (χ4v) is 1.66. The molecule has 0 bridgehead atoms. The summed E-state index contributed by atoms with van der Waals surface area (Å²) >= 11 is 0. The van der Waals surface area contributed by atoms with E-state index >= 15 is 0 Å². The predicted octanol–water partition coefficient (Wildman–Crippen LogP) is 0.598. The molecule has 2 heterocycles. The molecule has 0 spiro atoms. The Morgan fingerprint density at radius 2 is 2.31 bits per heavy atom. The molecule has 1 fully saturated rings. The van der Waals surface area contributed by atoms with E-state index in [-0.39, 0.29) is 0 Å². The minimum Gasteiger partial charge on any atom is -0.360 e. The van der Waals surface area contributed by atoms with Crippen LogP contribution >= 0.6 is 0 Å². The Kier molecular flexibility index (Phi) is 2.61. The van der Waals surface area contributed by atoms with Gasteiger partial charge in [0.1, 0.15) is 0 Å². The highest BCUT2D eigenvalue weighted by Crippen LogP contribution is 2.11. The molecule has 0 amide bonds. The molecule has 0 radical (unpaired) electrons. The van der Waals surface area contributed by atoms with Gasteiger partial charge < -0.3 is 10.3 Å². The number of rotatable bonds is 2. The van der Waals surface area contributed by atoms with Gasteiger partial charge in [0, 0.05) is 25.2 Å². The van der Waals surface area contributed by atoms with Crippen molar-refractivity contribution in [1.29, 1.82) is 0 Å². The number of piperidine rings is 1. The Hall–Kier alpha value is -0.870. The minimum absolute atomic E-state index is 0.394. The second-order valence-corrected chi connectivity index (χ2v) is 3.59. The maximum absolute atomic E-state index is 5.81. The topological polar surface area (TPSA) is 55.3 Å². The van der Waals surface area contributed by atoms with E-state index < -0.39 is 0 Å². The highest BCUT2D eigenvalue weighted by Gasteiger charge is 2.16. The van der Waals surface area contributed by atoms with Crippen LogP contribution < -0.4 is 5.73 Å². The van der Waals surface area contributed by atoms with Crippen molar-refractivity contribution in [2.45, 2.75) is 25.4 Å². The Morgan fingerprint density at radius 3 is 2.92 bits per heavy atom. The molecule has 0 saturated carbocycles. The second-order valence-electron chi connectivity index (χ2n) is 3.59. The van der Waals surface area contributed by atoms with Crippen molar-refractivity contribution in [1.82, 2.24) is 10.1 Å². The summed E-state index contributed by atoms with van der Waals surface area (Å²) in [6.07, 6.45) is 3.87. The fraction of sp³-hybridized carbons (Fsp3) is 0.667. The van der Waals surface area contributed by atoms with E-state index in [2.05, 4.69) is 10.1 Å². The number of hydrogen-bond donors (Lipinski definition) is 1. The lowest BCUT2D eigenvalue weighted by molar-refractivity contribution is 0.185. The third-order valence-corrected chi connectivity index (χ3v) is 2.50. The quantitative estimate of drug-likeness (QED) is 0.725. The van der Waals surface area contributed by atoms with Crippen LogP contribution in [0.3, 0.4) is 0 Å². The molecular formula is C9H15N3O. The number of nitrogens with two attached hydrogens (primary N) is 1. The highest BCUT2D eigenvalue weighted by atomic mass is 16.5. The molecule has 1 aromatic heterocycles. The molecule has 4 nitrogen and oxygen atoms in total. The summed E-state index contributed by atoms with van der Waals surface area (Å²) in [5.41, 5.74) is 5.81. The van der Waals surface area contributed by atoms with E-state index in [1.807, 2.05) is 6.07 Å². The Labute approximate surface area is 77.7 Å². The zero-order valence-electron chi connectivity index (χ0n) is 7.65. The van der Waals surface area contributed by atoms with Crippen LogP contribution in [0.5, 0.6) is 0 Å². The van der Waals surface area contributed by atoms with Crippen LogP contribution in [0.25, 0.3) is 0 Å². The van der Waals surface area contributed by atoms with Crippen LogP contribution in [-0.2, 0) is 6.54 Å². The SMILES string of the molecule is NC1CCN(Cc2ccno2)CC1. The van der Waals surface area contributed by atoms with Crippen LogP contribution in [0.4, 0.5) is 0 Å². The lowest BCUT2D eigenvalue weighted by Gasteiger charge is -2.28. The molecule has 13 heavy (non-hydrogen) atoms. The van der Waals surface area contributed by atoms with Gasteiger partial charge in [0.05, 0.1) is 12.7 Å². The molecule has 2 N–H and O–H groups in total. The van der Waals surface area contributed by atoms with Gasteiger partial charge >= 0.3 is 0 Å². The van der Waals surface area contributed by atoms with Crippen molar-refractivity contribution < 1.29 is 4.52 Å². The number of likely N-dealkylation sites (tertiary alicyclic amines) is 1. The van der Waals surface area contributed by atoms with Crippen LogP contribution in [0.1, 0.15) is 18.6 Å². The number of nitrogens with zero attached hydrogens (tertiary/aromatic N) is 2. The van der Waals surface area contributed by atoms with E-state index in [1.54, 1.807) is 6.20 Å². The van der Waals surface area contributed by atoms with Crippen LogP contribution in [0.15, 0.2) is 16.8 Å². The molecule has 0 aromatic carbocycles. The van der Waals surface area contributed by atoms with Crippen molar-refractivity contribution in [3.05, 3.63) is 18.0 Å². The zero-order chi connectivity index (χ0) is 9.10. The smallest absolute Gasteiger partial charge is 0.150 e. The number of aromatic nitrogens is 1. The normalized spacial score (nSPS) is 20.7. The lowest BCUT2D eigenvalue weighted by Crippen LogP contribution is -2.39. The summed E-state index contributed by atoms with van der Waals surface area (Å²) in [7, 11) is 0. The van der Waals surface area contributed by atoms with Crippen molar-refractivity contribution in [3.8, 4) is 0 Å². The monoisotopic (exact) mass is 181 g/mol. The lowest BCUT2D eigenvalue weighted by atomic mass is 10.1. The first kappa shape index (κ1) is 8.72. The first-order valence-corrected chi connectivity index (χ1v) is 4.72. The van der Waals surface area contributed by atoms with Gasteiger partial charge in [-0.2, -0.15) is 0 Å². The molecule has 0 atom stereocenters. The van der Waals surface area contributed by atoms with Gasteiger partial charge in [-0.1, -0.05) is 5.16 Å². The highest BCUT2D eigenvalue weighted by molar-refractivity contribution is 4.93. The Bertz CT molecular complexity index is 239. The van der Waals surface area contributed by atoms with Crippen molar-refractivity contribution in [2.75, 3.05) is 13.1 Å². The Balaban J connectivity index is 1.83. The zero-order valence-corrected chi connectivity index (χ0v) is 7.65. The van der Waals surface area contributed by atoms with Crippen LogP contribution in [0, 0.1) is 0 Å². The third-order valence-electron chi connectivity index (χ3n) is 2.50. The molecule has 0 unspecified atom stereocenters. The van der Waals surface area contributed by atoms with E-state index in [0.29, 0.717) is 6.04 Å². The van der Waals surface area contributed by atoms with E-state index in [4.69, 9.17) is 10.3 Å². The molecule has 1 aromatic rings. The van der Waals surface area contributed by atoms with E-state index in [9.17, 15) is 0 Å². The van der Waals surface area contributed by atoms with Gasteiger partial charge in [0.2, 0.25) is 0 Å². The molecule has 0 aliphatic carbocycles. The first-order valence-electron chi connectivity index (χ1n) is 4.72. The Morgan fingerprint density at radius 1 is 1.54 bits per heavy atom. The first-order chi connectivity index (χ1) is 6.34. The summed E-state index contributed by atoms with van der Waals surface area (Å²) in [6, 6.07) is 2.31. The molecule has 1 aliphatic heterocycles. The second kappa shape index (κ2) is 3.89. The standard InChI is InChI=1S/C9H15N3O/c10-8-2-5-12(6-3-8)7-9-1-4-11-13-9/h1,4,8H,2-3,5-7,10H2. The molecule has 2 rings (SSSR count). The van der Waals surface area contributed by atoms with E-state index in [0.717, 1.165) is 38.2 Å². The molecule has 1 aliphatic rings. The predicted molar refractivity (Wildman–Crippen MR) is 49.0 cm³/mol. The largest absolute Gasteiger partial charge is 0.360 e. The molecule has 1 saturated heterocycles. The van der Waals surface area contributed by atoms with Gasteiger partial charge in [0.15, 0.2) is 5.76 Å². The van der Waals surface area contributed by atoms with Gasteiger partial charge in [-0.15, -0.1) is 0 Å². The summed E-state index contributed by atoms with van der Waals surface area (Å²) < 4.78 is 5.04. The minimum atomic E-state index is 0.394. The van der Waals surface area contributed by atoms with Gasteiger partial charge in [-0.25, -0.2) is 0 Å². The van der Waals surface area contributed by atoms with Gasteiger partial charge in [-0.3, -0.25) is 4.90 Å². The summed E-state index contributed by atoms with van der Waals surface area (Å²) in [5.74, 6) is 0.940. The van der Waals surface area contributed by atoms with Crippen molar-refractivity contribution in [2.24, 2.45) is 5.73 Å². The third kappa shape index (κ3) is 2.29.